The molecular formula is C14H19NOS. The molecule has 2 nitrogen and oxygen atoms in total. The summed E-state index contributed by atoms with van der Waals surface area (Å²) in [6.45, 7) is 6.19. The number of nitrogens with zero attached hydrogens (tertiary/aromatic N) is 1. The molecule has 0 N–H and O–H groups in total. The van der Waals surface area contributed by atoms with Crippen LogP contribution in [0.3, 0.4) is 0 Å². The number of amides is 1. The third-order valence-electron chi connectivity index (χ3n) is 2.87. The number of rotatable bonds is 3. The highest BCUT2D eigenvalue weighted by Crippen LogP contribution is 2.23. The van der Waals surface area contributed by atoms with E-state index in [1.165, 1.54) is 4.90 Å². The molecule has 1 saturated heterocycles. The summed E-state index contributed by atoms with van der Waals surface area (Å²) in [6.07, 6.45) is 2.29. The first kappa shape index (κ1) is 12.5. The van der Waals surface area contributed by atoms with Crippen molar-refractivity contribution < 1.29 is 4.79 Å². The van der Waals surface area contributed by atoms with Crippen molar-refractivity contribution in [1.29, 1.82) is 0 Å². The summed E-state index contributed by atoms with van der Waals surface area (Å²) < 4.78 is 0. The van der Waals surface area contributed by atoms with E-state index in [0.717, 1.165) is 31.5 Å². The molecule has 1 aromatic carbocycles. The van der Waals surface area contributed by atoms with Crippen LogP contribution in [0.25, 0.3) is 0 Å². The molecule has 2 rings (SSSR count). The van der Waals surface area contributed by atoms with Crippen LogP contribution >= 0.6 is 11.8 Å². The third-order valence-corrected chi connectivity index (χ3v) is 3.88. The standard InChI is InChI=1S/C14H19NOS/c1-11(2)17-13-7-5-12(6-8-13)14(16)15-9-3-4-10-15/h5-8,11H,3-4,9-10H2,1-2H3. The molecule has 0 atom stereocenters. The molecule has 0 aromatic heterocycles. The van der Waals surface area contributed by atoms with Gasteiger partial charge in [-0.25, -0.2) is 0 Å². The van der Waals surface area contributed by atoms with Crippen molar-refractivity contribution in [3.8, 4) is 0 Å². The molecule has 0 spiro atoms. The van der Waals surface area contributed by atoms with Crippen LogP contribution in [0.5, 0.6) is 0 Å². The Morgan fingerprint density at radius 3 is 2.29 bits per heavy atom. The molecule has 0 aliphatic carbocycles. The van der Waals surface area contributed by atoms with E-state index in [-0.39, 0.29) is 5.91 Å². The topological polar surface area (TPSA) is 20.3 Å². The van der Waals surface area contributed by atoms with Gasteiger partial charge in [0.2, 0.25) is 0 Å². The van der Waals surface area contributed by atoms with Crippen molar-refractivity contribution in [2.75, 3.05) is 13.1 Å². The summed E-state index contributed by atoms with van der Waals surface area (Å²) in [6, 6.07) is 8.00. The van der Waals surface area contributed by atoms with Gasteiger partial charge in [-0.15, -0.1) is 11.8 Å². The van der Waals surface area contributed by atoms with Crippen LogP contribution in [0, 0.1) is 0 Å². The number of likely N-dealkylation sites (tertiary alicyclic amines) is 1. The minimum absolute atomic E-state index is 0.184. The molecule has 0 radical (unpaired) electrons. The van der Waals surface area contributed by atoms with Gasteiger partial charge < -0.3 is 4.90 Å². The lowest BCUT2D eigenvalue weighted by Crippen LogP contribution is -2.27. The van der Waals surface area contributed by atoms with Gasteiger partial charge in [0, 0.05) is 28.8 Å². The molecule has 0 unspecified atom stereocenters. The van der Waals surface area contributed by atoms with Crippen molar-refractivity contribution in [2.24, 2.45) is 0 Å². The molecular weight excluding hydrogens is 230 g/mol. The lowest BCUT2D eigenvalue weighted by atomic mass is 10.2. The van der Waals surface area contributed by atoms with Gasteiger partial charge in [-0.1, -0.05) is 13.8 Å². The van der Waals surface area contributed by atoms with Gasteiger partial charge in [-0.2, -0.15) is 0 Å². The van der Waals surface area contributed by atoms with Crippen molar-refractivity contribution >= 4 is 17.7 Å². The van der Waals surface area contributed by atoms with Gasteiger partial charge in [-0.05, 0) is 37.1 Å². The fourth-order valence-corrected chi connectivity index (χ4v) is 2.89. The second-order valence-corrected chi connectivity index (χ2v) is 6.34. The van der Waals surface area contributed by atoms with E-state index in [2.05, 4.69) is 13.8 Å². The summed E-state index contributed by atoms with van der Waals surface area (Å²) in [4.78, 5) is 15.3. The quantitative estimate of drug-likeness (QED) is 0.765. The van der Waals surface area contributed by atoms with Crippen molar-refractivity contribution in [1.82, 2.24) is 4.90 Å². The molecule has 1 aliphatic heterocycles. The molecule has 0 saturated carbocycles. The maximum Gasteiger partial charge on any atom is 0.253 e. The number of hydrogen-bond acceptors (Lipinski definition) is 2. The highest BCUT2D eigenvalue weighted by atomic mass is 32.2. The zero-order chi connectivity index (χ0) is 12.3. The first-order chi connectivity index (χ1) is 8.16. The average Bonchev–Trinajstić information content (AvgIpc) is 2.82. The Hall–Kier alpha value is -0.960. The lowest BCUT2D eigenvalue weighted by molar-refractivity contribution is 0.0793. The number of benzene rings is 1. The second-order valence-electron chi connectivity index (χ2n) is 4.69. The van der Waals surface area contributed by atoms with Crippen LogP contribution in [0.15, 0.2) is 29.2 Å². The Bertz CT molecular complexity index is 380. The predicted octanol–water partition coefficient (Wildman–Crippen LogP) is 3.42. The smallest absolute Gasteiger partial charge is 0.253 e. The summed E-state index contributed by atoms with van der Waals surface area (Å²) >= 11 is 1.83. The zero-order valence-electron chi connectivity index (χ0n) is 10.5. The van der Waals surface area contributed by atoms with Gasteiger partial charge in [0.25, 0.3) is 5.91 Å². The molecule has 1 aliphatic rings. The molecule has 1 fully saturated rings. The molecule has 3 heteroatoms. The van der Waals surface area contributed by atoms with Crippen LogP contribution in [-0.4, -0.2) is 29.1 Å². The summed E-state index contributed by atoms with van der Waals surface area (Å²) in [7, 11) is 0. The fraction of sp³-hybridized carbons (Fsp3) is 0.500. The highest BCUT2D eigenvalue weighted by Gasteiger charge is 2.19. The zero-order valence-corrected chi connectivity index (χ0v) is 11.3. The first-order valence-corrected chi connectivity index (χ1v) is 7.11. The molecule has 1 aromatic rings. The summed E-state index contributed by atoms with van der Waals surface area (Å²) in [5.74, 6) is 0.184. The van der Waals surface area contributed by atoms with E-state index in [9.17, 15) is 4.79 Å². The SMILES string of the molecule is CC(C)Sc1ccc(C(=O)N2CCCC2)cc1. The molecule has 1 heterocycles. The maximum absolute atomic E-state index is 12.1. The van der Waals surface area contributed by atoms with E-state index in [0.29, 0.717) is 5.25 Å². The van der Waals surface area contributed by atoms with Gasteiger partial charge in [-0.3, -0.25) is 4.79 Å². The largest absolute Gasteiger partial charge is 0.339 e. The summed E-state index contributed by atoms with van der Waals surface area (Å²) in [5.41, 5.74) is 0.819. The Morgan fingerprint density at radius 2 is 1.76 bits per heavy atom. The first-order valence-electron chi connectivity index (χ1n) is 6.23. The molecule has 1 amide bonds. The van der Waals surface area contributed by atoms with E-state index < -0.39 is 0 Å². The van der Waals surface area contributed by atoms with Gasteiger partial charge in [0.05, 0.1) is 0 Å². The van der Waals surface area contributed by atoms with Gasteiger partial charge in [0.1, 0.15) is 0 Å². The van der Waals surface area contributed by atoms with Crippen LogP contribution < -0.4 is 0 Å². The van der Waals surface area contributed by atoms with Gasteiger partial charge in [0.15, 0.2) is 0 Å². The second kappa shape index (κ2) is 5.58. The van der Waals surface area contributed by atoms with E-state index in [4.69, 9.17) is 0 Å². The minimum atomic E-state index is 0.184. The predicted molar refractivity (Wildman–Crippen MR) is 72.6 cm³/mol. The average molecular weight is 249 g/mol. The Labute approximate surface area is 107 Å². The fourth-order valence-electron chi connectivity index (χ4n) is 2.05. The number of hydrogen-bond donors (Lipinski definition) is 0. The van der Waals surface area contributed by atoms with Crippen LogP contribution in [0.4, 0.5) is 0 Å². The maximum atomic E-state index is 12.1. The van der Waals surface area contributed by atoms with Crippen molar-refractivity contribution in [3.63, 3.8) is 0 Å². The van der Waals surface area contributed by atoms with Crippen LogP contribution in [-0.2, 0) is 0 Å². The number of carbonyl (C=O) groups is 1. The normalized spacial score (nSPS) is 15.6. The molecule has 0 bridgehead atoms. The van der Waals surface area contributed by atoms with E-state index in [1.807, 2.05) is 40.9 Å². The highest BCUT2D eigenvalue weighted by molar-refractivity contribution is 7.99. The third kappa shape index (κ3) is 3.25. The number of thioether (sulfide) groups is 1. The Morgan fingerprint density at radius 1 is 1.18 bits per heavy atom. The Kier molecular flexibility index (Phi) is 4.11. The van der Waals surface area contributed by atoms with E-state index >= 15 is 0 Å². The van der Waals surface area contributed by atoms with Crippen molar-refractivity contribution in [3.05, 3.63) is 29.8 Å². The van der Waals surface area contributed by atoms with Gasteiger partial charge >= 0.3 is 0 Å². The van der Waals surface area contributed by atoms with E-state index in [1.54, 1.807) is 0 Å². The lowest BCUT2D eigenvalue weighted by Gasteiger charge is -2.15. The van der Waals surface area contributed by atoms with Crippen LogP contribution in [0.2, 0.25) is 0 Å². The van der Waals surface area contributed by atoms with Crippen molar-refractivity contribution in [2.45, 2.75) is 36.8 Å². The Balaban J connectivity index is 2.04. The molecule has 92 valence electrons. The summed E-state index contributed by atoms with van der Waals surface area (Å²) in [5, 5.41) is 0.579. The molecule has 17 heavy (non-hydrogen) atoms. The van der Waals surface area contributed by atoms with Crippen LogP contribution in [0.1, 0.15) is 37.0 Å². The number of carbonyl (C=O) groups excluding carboxylic acids is 1. The minimum Gasteiger partial charge on any atom is -0.339 e. The monoisotopic (exact) mass is 249 g/mol.